The number of thiazole rings is 1. The molecule has 5 rings (SSSR count). The van der Waals surface area contributed by atoms with E-state index in [4.69, 9.17) is 4.98 Å². The molecular formula is C24H24N4O2S2. The molecule has 3 aromatic heterocycles. The van der Waals surface area contributed by atoms with Crippen molar-refractivity contribution in [1.29, 1.82) is 0 Å². The lowest BCUT2D eigenvalue weighted by atomic mass is 10.1. The average Bonchev–Trinajstić information content (AvgIpc) is 3.27. The average molecular weight is 465 g/mol. The van der Waals surface area contributed by atoms with Crippen LogP contribution in [0.15, 0.2) is 28.4 Å². The Hall–Kier alpha value is -2.84. The lowest BCUT2D eigenvalue weighted by Crippen LogP contribution is -2.24. The van der Waals surface area contributed by atoms with E-state index in [-0.39, 0.29) is 11.5 Å². The van der Waals surface area contributed by atoms with Crippen molar-refractivity contribution in [3.05, 3.63) is 61.3 Å². The van der Waals surface area contributed by atoms with Crippen molar-refractivity contribution in [2.24, 2.45) is 0 Å². The van der Waals surface area contributed by atoms with Crippen molar-refractivity contribution in [2.75, 3.05) is 5.32 Å². The molecule has 0 fully saturated rings. The molecule has 6 nitrogen and oxygen atoms in total. The Morgan fingerprint density at radius 3 is 2.75 bits per heavy atom. The van der Waals surface area contributed by atoms with Gasteiger partial charge in [-0.2, -0.15) is 0 Å². The van der Waals surface area contributed by atoms with Gasteiger partial charge in [0.1, 0.15) is 10.7 Å². The molecule has 0 saturated carbocycles. The third-order valence-corrected chi connectivity index (χ3v) is 8.09. The second-order valence-electron chi connectivity index (χ2n) is 8.32. The van der Waals surface area contributed by atoms with Gasteiger partial charge in [-0.25, -0.2) is 9.97 Å². The number of thiophene rings is 1. The first-order valence-electron chi connectivity index (χ1n) is 10.8. The number of nitrogens with one attached hydrogen (secondary N) is 1. The first-order valence-corrected chi connectivity index (χ1v) is 12.5. The lowest BCUT2D eigenvalue weighted by molar-refractivity contribution is 0.103. The number of hydrogen-bond donors (Lipinski definition) is 1. The number of aromatic nitrogens is 3. The molecule has 0 unspecified atom stereocenters. The van der Waals surface area contributed by atoms with Crippen LogP contribution in [0, 0.1) is 20.8 Å². The zero-order valence-corrected chi connectivity index (χ0v) is 20.0. The Morgan fingerprint density at radius 2 is 1.94 bits per heavy atom. The highest BCUT2D eigenvalue weighted by Crippen LogP contribution is 2.31. The number of hydrogen-bond acceptors (Lipinski definition) is 6. The van der Waals surface area contributed by atoms with Crippen LogP contribution in [0.25, 0.3) is 21.5 Å². The zero-order chi connectivity index (χ0) is 22.4. The molecular weight excluding hydrogens is 440 g/mol. The summed E-state index contributed by atoms with van der Waals surface area (Å²) in [6.45, 7) is 6.70. The molecule has 8 heteroatoms. The summed E-state index contributed by atoms with van der Waals surface area (Å²) in [5.41, 5.74) is 4.99. The molecule has 1 aliphatic heterocycles. The molecule has 32 heavy (non-hydrogen) atoms. The summed E-state index contributed by atoms with van der Waals surface area (Å²) in [6.07, 6.45) is 3.96. The molecule has 1 amide bonds. The van der Waals surface area contributed by atoms with Gasteiger partial charge in [0.25, 0.3) is 11.5 Å². The number of nitrogens with zero attached hydrogens (tertiary/aromatic N) is 3. The Morgan fingerprint density at radius 1 is 1.09 bits per heavy atom. The van der Waals surface area contributed by atoms with Crippen molar-refractivity contribution in [2.45, 2.75) is 53.0 Å². The quantitative estimate of drug-likeness (QED) is 0.435. The summed E-state index contributed by atoms with van der Waals surface area (Å²) < 4.78 is 1.80. The van der Waals surface area contributed by atoms with E-state index < -0.39 is 0 Å². The summed E-state index contributed by atoms with van der Waals surface area (Å²) in [5.74, 6) is 0.595. The maximum Gasteiger partial charge on any atom is 0.267 e. The Kier molecular flexibility index (Phi) is 5.43. The minimum atomic E-state index is -0.244. The van der Waals surface area contributed by atoms with Gasteiger partial charge >= 0.3 is 0 Å². The highest BCUT2D eigenvalue weighted by atomic mass is 32.1. The first-order chi connectivity index (χ1) is 15.4. The fourth-order valence-corrected chi connectivity index (χ4v) is 5.95. The minimum absolute atomic E-state index is 0.0222. The second-order valence-corrected chi connectivity index (χ2v) is 10.2. The smallest absolute Gasteiger partial charge is 0.267 e. The van der Waals surface area contributed by atoms with Crippen LogP contribution in [0.4, 0.5) is 5.13 Å². The highest BCUT2D eigenvalue weighted by molar-refractivity contribution is 7.21. The molecule has 0 aliphatic carbocycles. The maximum absolute atomic E-state index is 13.1. The number of carbonyl (C=O) groups is 1. The van der Waals surface area contributed by atoms with Crippen LogP contribution in [0.3, 0.4) is 0 Å². The van der Waals surface area contributed by atoms with E-state index in [1.165, 1.54) is 33.8 Å². The third kappa shape index (κ3) is 3.67. The standard InChI is InChI=1S/C24H24N4O2S2/c1-13-8-9-16(11-14(13)2)17-12-31-24(25-17)27-21(29)20-15(3)19-22(32-20)26-18-7-5-4-6-10-28(18)23(19)30/h8-9,11-12H,4-7,10H2,1-3H3,(H,25,27,29). The Bertz CT molecular complexity index is 1410. The van der Waals surface area contributed by atoms with Gasteiger partial charge < -0.3 is 0 Å². The number of aryl methyl sites for hydroxylation is 4. The number of fused-ring (bicyclic) bond motifs is 2. The van der Waals surface area contributed by atoms with E-state index in [1.54, 1.807) is 4.57 Å². The summed E-state index contributed by atoms with van der Waals surface area (Å²) in [6, 6.07) is 6.23. The van der Waals surface area contributed by atoms with Gasteiger partial charge in [0, 0.05) is 23.9 Å². The van der Waals surface area contributed by atoms with E-state index in [2.05, 4.69) is 36.3 Å². The van der Waals surface area contributed by atoms with Crippen LogP contribution >= 0.6 is 22.7 Å². The highest BCUT2D eigenvalue weighted by Gasteiger charge is 2.23. The molecule has 1 N–H and O–H groups in total. The summed E-state index contributed by atoms with van der Waals surface area (Å²) >= 11 is 2.69. The van der Waals surface area contributed by atoms with E-state index >= 15 is 0 Å². The van der Waals surface area contributed by atoms with Crippen LogP contribution in [-0.4, -0.2) is 20.4 Å². The number of rotatable bonds is 3. The van der Waals surface area contributed by atoms with Crippen LogP contribution in [-0.2, 0) is 13.0 Å². The molecule has 0 radical (unpaired) electrons. The maximum atomic E-state index is 13.1. The van der Waals surface area contributed by atoms with Gasteiger partial charge in [-0.15, -0.1) is 22.7 Å². The molecule has 164 valence electrons. The molecule has 0 atom stereocenters. The van der Waals surface area contributed by atoms with Gasteiger partial charge in [0.05, 0.1) is 16.0 Å². The van der Waals surface area contributed by atoms with Gasteiger partial charge in [-0.3, -0.25) is 19.5 Å². The predicted octanol–water partition coefficient (Wildman–Crippen LogP) is 5.49. The van der Waals surface area contributed by atoms with Crippen LogP contribution in [0.2, 0.25) is 0 Å². The Labute approximate surface area is 194 Å². The molecule has 0 bridgehead atoms. The van der Waals surface area contributed by atoms with Crippen molar-refractivity contribution >= 4 is 43.9 Å². The molecule has 1 aromatic carbocycles. The van der Waals surface area contributed by atoms with Crippen LogP contribution in [0.1, 0.15) is 51.4 Å². The molecule has 0 saturated heterocycles. The molecule has 4 aromatic rings. The SMILES string of the molecule is Cc1ccc(-c2csc(NC(=O)c3sc4nc5n(c(=O)c4c3C)CCCCC5)n2)cc1C. The van der Waals surface area contributed by atoms with Gasteiger partial charge in [0.15, 0.2) is 5.13 Å². The summed E-state index contributed by atoms with van der Waals surface area (Å²) in [4.78, 5) is 36.7. The van der Waals surface area contributed by atoms with Gasteiger partial charge in [-0.05, 0) is 56.4 Å². The normalized spacial score (nSPS) is 13.7. The molecule has 4 heterocycles. The van der Waals surface area contributed by atoms with Crippen molar-refractivity contribution in [1.82, 2.24) is 14.5 Å². The summed E-state index contributed by atoms with van der Waals surface area (Å²) in [5, 5.41) is 5.98. The topological polar surface area (TPSA) is 76.9 Å². The van der Waals surface area contributed by atoms with Gasteiger partial charge in [0.2, 0.25) is 0 Å². The summed E-state index contributed by atoms with van der Waals surface area (Å²) in [7, 11) is 0. The molecule has 0 spiro atoms. The Balaban J connectivity index is 1.45. The van der Waals surface area contributed by atoms with Gasteiger partial charge in [-0.1, -0.05) is 18.6 Å². The fourth-order valence-electron chi connectivity index (χ4n) is 4.14. The van der Waals surface area contributed by atoms with Crippen molar-refractivity contribution < 1.29 is 4.79 Å². The number of anilines is 1. The fraction of sp³-hybridized carbons (Fsp3) is 0.333. The monoisotopic (exact) mass is 464 g/mol. The largest absolute Gasteiger partial charge is 0.297 e. The predicted molar refractivity (Wildman–Crippen MR) is 131 cm³/mol. The zero-order valence-electron chi connectivity index (χ0n) is 18.3. The number of amides is 1. The van der Waals surface area contributed by atoms with E-state index in [0.717, 1.165) is 42.8 Å². The van der Waals surface area contributed by atoms with Crippen molar-refractivity contribution in [3.63, 3.8) is 0 Å². The third-order valence-electron chi connectivity index (χ3n) is 6.15. The van der Waals surface area contributed by atoms with Crippen LogP contribution in [0.5, 0.6) is 0 Å². The number of carbonyl (C=O) groups excluding carboxylic acids is 1. The van der Waals surface area contributed by atoms with E-state index in [9.17, 15) is 9.59 Å². The first kappa shape index (κ1) is 21.0. The molecule has 1 aliphatic rings. The lowest BCUT2D eigenvalue weighted by Gasteiger charge is -2.08. The van der Waals surface area contributed by atoms with E-state index in [0.29, 0.717) is 32.3 Å². The second kappa shape index (κ2) is 8.26. The minimum Gasteiger partial charge on any atom is -0.297 e. The van der Waals surface area contributed by atoms with Crippen LogP contribution < -0.4 is 10.9 Å². The number of benzene rings is 1. The van der Waals surface area contributed by atoms with Crippen molar-refractivity contribution in [3.8, 4) is 11.3 Å². The van der Waals surface area contributed by atoms with E-state index in [1.807, 2.05) is 18.4 Å².